The fourth-order valence-electron chi connectivity index (χ4n) is 2.60. The maximum Gasteiger partial charge on any atom is 0.125 e. The molecular formula is C12H17NO2S. The zero-order chi connectivity index (χ0) is 11.2. The van der Waals surface area contributed by atoms with Crippen LogP contribution < -0.4 is 0 Å². The molecule has 0 aliphatic heterocycles. The molecule has 1 fully saturated rings. The molecule has 1 atom stereocenters. The van der Waals surface area contributed by atoms with Crippen LogP contribution in [0.3, 0.4) is 0 Å². The van der Waals surface area contributed by atoms with E-state index in [1.807, 2.05) is 0 Å². The number of aromatic nitrogens is 1. The second kappa shape index (κ2) is 3.79. The Hall–Kier alpha value is -0.450. The van der Waals surface area contributed by atoms with Crippen molar-refractivity contribution in [2.24, 2.45) is 0 Å². The summed E-state index contributed by atoms with van der Waals surface area (Å²) in [6, 6.07) is 0. The molecule has 0 aromatic carbocycles. The summed E-state index contributed by atoms with van der Waals surface area (Å²) in [5.41, 5.74) is 0.990. The Morgan fingerprint density at radius 1 is 1.44 bits per heavy atom. The summed E-state index contributed by atoms with van der Waals surface area (Å²) in [5.74, 6) is 0. The summed E-state index contributed by atoms with van der Waals surface area (Å²) < 4.78 is 5.64. The van der Waals surface area contributed by atoms with E-state index in [9.17, 15) is 5.11 Å². The van der Waals surface area contributed by atoms with Gasteiger partial charge < -0.3 is 9.84 Å². The molecule has 0 amide bonds. The molecule has 0 bridgehead atoms. The second-order valence-corrected chi connectivity index (χ2v) is 5.82. The first-order valence-electron chi connectivity index (χ1n) is 5.98. The van der Waals surface area contributed by atoms with Gasteiger partial charge in [-0.05, 0) is 38.5 Å². The van der Waals surface area contributed by atoms with Crippen molar-refractivity contribution >= 4 is 11.3 Å². The molecule has 16 heavy (non-hydrogen) atoms. The monoisotopic (exact) mass is 239 g/mol. The molecule has 2 aliphatic carbocycles. The van der Waals surface area contributed by atoms with Crippen LogP contribution >= 0.6 is 11.3 Å². The van der Waals surface area contributed by atoms with Crippen LogP contribution in [-0.4, -0.2) is 17.2 Å². The highest BCUT2D eigenvalue weighted by Gasteiger charge is 2.42. The fraction of sp³-hybridized carbons (Fsp3) is 0.750. The molecule has 0 spiro atoms. The molecule has 88 valence electrons. The van der Waals surface area contributed by atoms with E-state index in [0.717, 1.165) is 47.7 Å². The van der Waals surface area contributed by atoms with Gasteiger partial charge in [0, 0.05) is 7.11 Å². The van der Waals surface area contributed by atoms with Crippen molar-refractivity contribution in [1.29, 1.82) is 0 Å². The predicted octanol–water partition coefficient (Wildman–Crippen LogP) is 2.54. The molecule has 1 saturated carbocycles. The van der Waals surface area contributed by atoms with E-state index in [0.29, 0.717) is 0 Å². The third-order valence-electron chi connectivity index (χ3n) is 3.86. The Morgan fingerprint density at radius 3 is 2.81 bits per heavy atom. The van der Waals surface area contributed by atoms with Gasteiger partial charge in [0.05, 0.1) is 16.7 Å². The maximum absolute atomic E-state index is 9.93. The molecule has 1 N–H and O–H groups in total. The number of thiazole rings is 1. The highest BCUT2D eigenvalue weighted by Crippen LogP contribution is 2.48. The molecule has 0 radical (unpaired) electrons. The molecule has 4 heteroatoms. The first kappa shape index (κ1) is 10.7. The number of rotatable bonds is 2. The van der Waals surface area contributed by atoms with E-state index in [-0.39, 0.29) is 11.7 Å². The second-order valence-electron chi connectivity index (χ2n) is 4.79. The van der Waals surface area contributed by atoms with Crippen LogP contribution in [-0.2, 0) is 16.8 Å². The Bertz CT molecular complexity index is 392. The fourth-order valence-corrected chi connectivity index (χ4v) is 3.95. The Kier molecular flexibility index (Phi) is 2.53. The summed E-state index contributed by atoms with van der Waals surface area (Å²) in [6.07, 6.45) is 6.04. The topological polar surface area (TPSA) is 42.4 Å². The number of hydrogen-bond acceptors (Lipinski definition) is 4. The predicted molar refractivity (Wildman–Crippen MR) is 62.5 cm³/mol. The largest absolute Gasteiger partial charge is 0.388 e. The van der Waals surface area contributed by atoms with Gasteiger partial charge in [-0.2, -0.15) is 0 Å². The summed E-state index contributed by atoms with van der Waals surface area (Å²) in [5, 5.41) is 11.0. The lowest BCUT2D eigenvalue weighted by atomic mass is 9.80. The SMILES string of the molecule is COC1(c2nc3c(s2)C(O)CCC3)CCC1. The number of hydrogen-bond donors (Lipinski definition) is 1. The van der Waals surface area contributed by atoms with Gasteiger partial charge >= 0.3 is 0 Å². The first-order chi connectivity index (χ1) is 7.75. The third kappa shape index (κ3) is 1.44. The molecule has 3 nitrogen and oxygen atoms in total. The van der Waals surface area contributed by atoms with Crippen molar-refractivity contribution in [3.63, 3.8) is 0 Å². The zero-order valence-electron chi connectivity index (χ0n) is 9.53. The van der Waals surface area contributed by atoms with Crippen molar-refractivity contribution in [3.8, 4) is 0 Å². The van der Waals surface area contributed by atoms with Gasteiger partial charge in [-0.25, -0.2) is 4.98 Å². The van der Waals surface area contributed by atoms with Gasteiger partial charge in [-0.15, -0.1) is 11.3 Å². The molecule has 2 aliphatic rings. The van der Waals surface area contributed by atoms with Crippen molar-refractivity contribution in [2.45, 2.75) is 50.2 Å². The lowest BCUT2D eigenvalue weighted by Gasteiger charge is -2.38. The number of nitrogens with zero attached hydrogens (tertiary/aromatic N) is 1. The molecule has 3 rings (SSSR count). The molecule has 1 aromatic heterocycles. The first-order valence-corrected chi connectivity index (χ1v) is 6.80. The average Bonchev–Trinajstić information content (AvgIpc) is 2.62. The number of aryl methyl sites for hydroxylation is 1. The summed E-state index contributed by atoms with van der Waals surface area (Å²) >= 11 is 1.66. The highest BCUT2D eigenvalue weighted by atomic mass is 32.1. The average molecular weight is 239 g/mol. The number of ether oxygens (including phenoxy) is 1. The standard InChI is InChI=1S/C12H17NO2S/c1-15-12(6-3-7-12)11-13-8-4-2-5-9(14)10(8)16-11/h9,14H,2-7H2,1H3. The Balaban J connectivity index is 1.97. The van der Waals surface area contributed by atoms with Gasteiger partial charge in [-0.3, -0.25) is 0 Å². The van der Waals surface area contributed by atoms with Crippen molar-refractivity contribution in [1.82, 2.24) is 4.98 Å². The Morgan fingerprint density at radius 2 is 2.25 bits per heavy atom. The smallest absolute Gasteiger partial charge is 0.125 e. The third-order valence-corrected chi connectivity index (χ3v) is 5.25. The van der Waals surface area contributed by atoms with Crippen LogP contribution in [0.5, 0.6) is 0 Å². The van der Waals surface area contributed by atoms with Gasteiger partial charge in [0.1, 0.15) is 10.6 Å². The molecule has 1 unspecified atom stereocenters. The zero-order valence-corrected chi connectivity index (χ0v) is 10.3. The van der Waals surface area contributed by atoms with Crippen molar-refractivity contribution < 1.29 is 9.84 Å². The Labute approximate surface area is 99.5 Å². The van der Waals surface area contributed by atoms with Gasteiger partial charge in [0.2, 0.25) is 0 Å². The summed E-state index contributed by atoms with van der Waals surface area (Å²) in [4.78, 5) is 5.79. The quantitative estimate of drug-likeness (QED) is 0.862. The van der Waals surface area contributed by atoms with Gasteiger partial charge in [-0.1, -0.05) is 0 Å². The van der Waals surface area contributed by atoms with Crippen LogP contribution in [0.25, 0.3) is 0 Å². The molecule has 1 heterocycles. The van der Waals surface area contributed by atoms with Gasteiger partial charge in [0.25, 0.3) is 0 Å². The van der Waals surface area contributed by atoms with E-state index in [1.165, 1.54) is 6.42 Å². The lowest BCUT2D eigenvalue weighted by Crippen LogP contribution is -2.35. The van der Waals surface area contributed by atoms with Crippen LogP contribution in [0.1, 0.15) is 53.8 Å². The van der Waals surface area contributed by atoms with Crippen LogP contribution in [0.2, 0.25) is 0 Å². The maximum atomic E-state index is 9.93. The van der Waals surface area contributed by atoms with E-state index >= 15 is 0 Å². The minimum Gasteiger partial charge on any atom is -0.388 e. The van der Waals surface area contributed by atoms with Crippen LogP contribution in [0.15, 0.2) is 0 Å². The number of aliphatic hydroxyl groups is 1. The van der Waals surface area contributed by atoms with E-state index < -0.39 is 0 Å². The normalized spacial score (nSPS) is 27.2. The summed E-state index contributed by atoms with van der Waals surface area (Å²) in [6.45, 7) is 0. The van der Waals surface area contributed by atoms with E-state index in [2.05, 4.69) is 0 Å². The minimum absolute atomic E-state index is 0.123. The number of methoxy groups -OCH3 is 1. The number of fused-ring (bicyclic) bond motifs is 1. The molecular weight excluding hydrogens is 222 g/mol. The molecule has 1 aromatic rings. The lowest BCUT2D eigenvalue weighted by molar-refractivity contribution is -0.0780. The van der Waals surface area contributed by atoms with Gasteiger partial charge in [0.15, 0.2) is 0 Å². The van der Waals surface area contributed by atoms with E-state index in [4.69, 9.17) is 9.72 Å². The highest BCUT2D eigenvalue weighted by molar-refractivity contribution is 7.12. The van der Waals surface area contributed by atoms with Crippen molar-refractivity contribution in [2.75, 3.05) is 7.11 Å². The minimum atomic E-state index is -0.288. The molecule has 0 saturated heterocycles. The number of aliphatic hydroxyl groups excluding tert-OH is 1. The van der Waals surface area contributed by atoms with Crippen LogP contribution in [0.4, 0.5) is 0 Å². The summed E-state index contributed by atoms with van der Waals surface area (Å²) in [7, 11) is 1.77. The van der Waals surface area contributed by atoms with Crippen molar-refractivity contribution in [3.05, 3.63) is 15.6 Å². The van der Waals surface area contributed by atoms with E-state index in [1.54, 1.807) is 18.4 Å². The van der Waals surface area contributed by atoms with Crippen LogP contribution in [0, 0.1) is 0 Å².